The second-order valence-electron chi connectivity index (χ2n) is 22.4. The first-order chi connectivity index (χ1) is 37.2. The van der Waals surface area contributed by atoms with E-state index in [9.17, 15) is 53.1 Å². The van der Waals surface area contributed by atoms with Crippen LogP contribution in [0.2, 0.25) is 0 Å². The van der Waals surface area contributed by atoms with Crippen molar-refractivity contribution in [2.24, 2.45) is 35.5 Å². The molecule has 0 aromatic heterocycles. The molecule has 2 aromatic carbocycles. The van der Waals surface area contributed by atoms with Crippen LogP contribution in [0, 0.1) is 35.5 Å². The highest BCUT2D eigenvalue weighted by atomic mass is 16.6. The van der Waals surface area contributed by atoms with Crippen molar-refractivity contribution in [1.29, 1.82) is 0 Å². The molecular formula is C58H82N6O15. The number of likely N-dealkylation sites (tertiary alicyclic amines) is 1. The molecule has 2 aromatic rings. The summed E-state index contributed by atoms with van der Waals surface area (Å²) >= 11 is 0. The maximum absolute atomic E-state index is 15.0. The Kier molecular flexibility index (Phi) is 22.1. The van der Waals surface area contributed by atoms with Gasteiger partial charge in [0.25, 0.3) is 11.8 Å². The number of cyclic esters (lactones) is 2. The molecule has 3 aliphatic rings. The maximum atomic E-state index is 15.0. The van der Waals surface area contributed by atoms with Gasteiger partial charge in [0.2, 0.25) is 23.6 Å². The highest BCUT2D eigenvalue weighted by Gasteiger charge is 2.46. The number of fused-ring (bicyclic) bond motifs is 3. The number of ether oxygens (including phenoxy) is 4. The number of hydrogen-bond acceptors (Lipinski definition) is 15. The fraction of sp³-hybridized carbons (Fsp3) is 0.621. The van der Waals surface area contributed by atoms with Crippen LogP contribution in [-0.2, 0) is 59.0 Å². The van der Waals surface area contributed by atoms with Crippen LogP contribution in [0.1, 0.15) is 124 Å². The monoisotopic (exact) mass is 1100 g/mol. The predicted octanol–water partition coefficient (Wildman–Crippen LogP) is 4.29. The van der Waals surface area contributed by atoms with E-state index < -0.39 is 131 Å². The molecule has 11 atom stereocenters. The maximum Gasteiger partial charge on any atom is 0.342 e. The largest absolute Gasteiger partial charge is 0.497 e. The highest BCUT2D eigenvalue weighted by Crippen LogP contribution is 2.33. The molecule has 0 radical (unpaired) electrons. The first-order valence-electron chi connectivity index (χ1n) is 27.5. The zero-order valence-corrected chi connectivity index (χ0v) is 48.0. The summed E-state index contributed by atoms with van der Waals surface area (Å²) in [5.74, 6) is -11.7. The summed E-state index contributed by atoms with van der Waals surface area (Å²) in [6, 6.07) is 4.58. The van der Waals surface area contributed by atoms with Gasteiger partial charge < -0.3 is 54.7 Å². The number of aliphatic hydroxyl groups is 1. The smallest absolute Gasteiger partial charge is 0.342 e. The minimum absolute atomic E-state index is 0.102. The molecule has 5 rings (SSSR count). The van der Waals surface area contributed by atoms with E-state index in [1.165, 1.54) is 74.9 Å². The first kappa shape index (κ1) is 62.9. The van der Waals surface area contributed by atoms with Crippen LogP contribution >= 0.6 is 0 Å². The lowest BCUT2D eigenvalue weighted by atomic mass is 9.80. The van der Waals surface area contributed by atoms with Crippen molar-refractivity contribution in [3.8, 4) is 11.5 Å². The molecule has 0 spiro atoms. The van der Waals surface area contributed by atoms with Crippen molar-refractivity contribution in [3.05, 3.63) is 53.6 Å². The number of nitrogens with zero attached hydrogens (tertiary/aromatic N) is 3. The lowest BCUT2D eigenvalue weighted by Crippen LogP contribution is -2.58. The molecule has 4 N–H and O–H groups in total. The van der Waals surface area contributed by atoms with Gasteiger partial charge in [0.15, 0.2) is 23.4 Å². The number of anilines is 1. The Hall–Kier alpha value is -6.90. The SMILES string of the molecule is COc1ccc(C[C@H]2C(=O)O[C@H](C)[C@H](NC(=O)[C@@H](CC(C)C)C(C)C(=O)C3CCCN3C(=O)[C@H](C)O)C(=O)Nc3cccc(c3OC)C(=O)O[C@@H](C(C)C)C(=O)[C@H](C)C(=O)N[C@@H](CC(C)C)C(=O)N3CCC[C@H]3C(=O)N2C)cc1. The number of nitrogens with one attached hydrogen (secondary N) is 3. The highest BCUT2D eigenvalue weighted by molar-refractivity contribution is 6.07. The van der Waals surface area contributed by atoms with Crippen LogP contribution in [0.4, 0.5) is 5.69 Å². The Bertz CT molecular complexity index is 2570. The number of likely N-dealkylation sites (N-methyl/N-ethyl adjacent to an activating group) is 1. The molecule has 6 amide bonds. The summed E-state index contributed by atoms with van der Waals surface area (Å²) in [4.78, 5) is 148. The van der Waals surface area contributed by atoms with Crippen molar-refractivity contribution in [3.63, 3.8) is 0 Å². The summed E-state index contributed by atoms with van der Waals surface area (Å²) < 4.78 is 23.1. The zero-order chi connectivity index (χ0) is 58.7. The van der Waals surface area contributed by atoms with Crippen LogP contribution in [0.15, 0.2) is 42.5 Å². The van der Waals surface area contributed by atoms with Crippen molar-refractivity contribution in [1.82, 2.24) is 25.3 Å². The van der Waals surface area contributed by atoms with Gasteiger partial charge in [0, 0.05) is 38.4 Å². The van der Waals surface area contributed by atoms with Gasteiger partial charge in [-0.15, -0.1) is 0 Å². The molecule has 21 heteroatoms. The van der Waals surface area contributed by atoms with Crippen LogP contribution in [0.3, 0.4) is 0 Å². The summed E-state index contributed by atoms with van der Waals surface area (Å²) in [6.45, 7) is 16.7. The third-order valence-electron chi connectivity index (χ3n) is 15.1. The van der Waals surface area contributed by atoms with E-state index in [0.717, 1.165) is 0 Å². The number of rotatable bonds is 15. The number of benzene rings is 2. The summed E-state index contributed by atoms with van der Waals surface area (Å²) in [5.41, 5.74) is 0.244. The number of Topliss-reactive ketones (excluding diaryl/α,β-unsaturated/α-hetero) is 2. The van der Waals surface area contributed by atoms with E-state index in [0.29, 0.717) is 30.6 Å². The van der Waals surface area contributed by atoms with E-state index >= 15 is 0 Å². The van der Waals surface area contributed by atoms with E-state index in [1.807, 2.05) is 27.7 Å². The van der Waals surface area contributed by atoms with Crippen LogP contribution < -0.4 is 25.4 Å². The summed E-state index contributed by atoms with van der Waals surface area (Å²) in [7, 11) is 4.12. The van der Waals surface area contributed by atoms with E-state index in [1.54, 1.807) is 45.0 Å². The van der Waals surface area contributed by atoms with Crippen molar-refractivity contribution < 1.29 is 72.0 Å². The quantitative estimate of drug-likeness (QED) is 0.143. The number of aliphatic hydroxyl groups excluding tert-OH is 1. The fourth-order valence-electron chi connectivity index (χ4n) is 10.6. The molecule has 0 saturated carbocycles. The van der Waals surface area contributed by atoms with Gasteiger partial charge in [0.1, 0.15) is 47.7 Å². The number of carbonyl (C=O) groups excluding carboxylic acids is 10. The molecule has 2 saturated heterocycles. The average molecular weight is 1100 g/mol. The minimum atomic E-state index is -1.74. The van der Waals surface area contributed by atoms with Crippen molar-refractivity contribution >= 4 is 64.6 Å². The topological polar surface area (TPSA) is 274 Å². The standard InChI is InChI=1S/C58H82N6O15/c1-30(2)27-40(33(7)47(66)43-19-15-25-63(43)54(71)35(9)65)52(69)61-46-36(10)78-58(75)45(29-37-21-23-38(76-12)24-22-37)62(11)56(73)44-20-16-26-64(44)55(72)42(28-31(3)4)60-51(68)34(8)48(67)49(32(5)6)79-57(74)39-17-14-18-41(50(39)77-13)59-53(46)70/h14,17-18,21-24,30-36,40,42-46,49,65H,15-16,19-20,25-29H2,1-13H3,(H,59,70)(H,60,68)(H,61,69)/t33?,34-,35-,36+,40-,42-,43?,44-,45-,46-,49-/m0/s1. The van der Waals surface area contributed by atoms with Gasteiger partial charge in [-0.1, -0.05) is 66.7 Å². The molecule has 2 bridgehead atoms. The summed E-state index contributed by atoms with van der Waals surface area (Å²) in [5, 5.41) is 18.4. The predicted molar refractivity (Wildman–Crippen MR) is 290 cm³/mol. The zero-order valence-electron chi connectivity index (χ0n) is 48.0. The number of hydrogen-bond donors (Lipinski definition) is 4. The van der Waals surface area contributed by atoms with Gasteiger partial charge in [-0.05, 0) is 107 Å². The van der Waals surface area contributed by atoms with E-state index in [-0.39, 0.29) is 67.6 Å². The Morgan fingerprint density at radius 3 is 2.06 bits per heavy atom. The number of carbonyl (C=O) groups is 10. The number of esters is 2. The van der Waals surface area contributed by atoms with Gasteiger partial charge >= 0.3 is 11.9 Å². The Morgan fingerprint density at radius 1 is 0.810 bits per heavy atom. The molecule has 2 unspecified atom stereocenters. The van der Waals surface area contributed by atoms with E-state index in [4.69, 9.17) is 18.9 Å². The molecule has 2 fully saturated rings. The van der Waals surface area contributed by atoms with Crippen molar-refractivity contribution in [2.45, 2.75) is 163 Å². The third-order valence-corrected chi connectivity index (χ3v) is 15.1. The number of methoxy groups -OCH3 is 2. The van der Waals surface area contributed by atoms with Crippen LogP contribution in [0.5, 0.6) is 11.5 Å². The van der Waals surface area contributed by atoms with Crippen molar-refractivity contribution in [2.75, 3.05) is 39.7 Å². The molecule has 434 valence electrons. The molecule has 3 aliphatic heterocycles. The summed E-state index contributed by atoms with van der Waals surface area (Å²) in [6.07, 6.45) is -2.76. The Morgan fingerprint density at radius 2 is 1.47 bits per heavy atom. The van der Waals surface area contributed by atoms with Gasteiger partial charge in [-0.3, -0.25) is 38.4 Å². The molecule has 79 heavy (non-hydrogen) atoms. The molecule has 0 aliphatic carbocycles. The number of amides is 6. The minimum Gasteiger partial charge on any atom is -0.497 e. The molecule has 3 heterocycles. The lowest BCUT2D eigenvalue weighted by Gasteiger charge is -2.35. The van der Waals surface area contributed by atoms with Crippen LogP contribution in [-0.4, -0.2) is 162 Å². The lowest BCUT2D eigenvalue weighted by molar-refractivity contribution is -0.162. The molecule has 21 nitrogen and oxygen atoms in total. The third kappa shape index (κ3) is 15.3. The molecular weight excluding hydrogens is 1020 g/mol. The Labute approximate surface area is 463 Å². The van der Waals surface area contributed by atoms with Gasteiger partial charge in [0.05, 0.1) is 31.9 Å². The number of para-hydroxylation sites is 1. The Balaban J connectivity index is 1.65. The normalized spacial score (nSPS) is 25.3. The van der Waals surface area contributed by atoms with Gasteiger partial charge in [-0.25, -0.2) is 9.59 Å². The fourth-order valence-corrected chi connectivity index (χ4v) is 10.6. The average Bonchev–Trinajstić information content (AvgIpc) is 4.12. The van der Waals surface area contributed by atoms with Crippen LogP contribution in [0.25, 0.3) is 0 Å². The first-order valence-corrected chi connectivity index (χ1v) is 27.5. The number of ketones is 2. The second kappa shape index (κ2) is 27.8. The van der Waals surface area contributed by atoms with E-state index in [2.05, 4.69) is 16.0 Å². The van der Waals surface area contributed by atoms with Gasteiger partial charge in [-0.2, -0.15) is 0 Å². The second-order valence-corrected chi connectivity index (χ2v) is 22.4.